The molecule has 4 unspecified atom stereocenters. The van der Waals surface area contributed by atoms with Crippen LogP contribution in [0.4, 0.5) is 0 Å². The van der Waals surface area contributed by atoms with Crippen molar-refractivity contribution >= 4 is 0 Å². The van der Waals surface area contributed by atoms with Gasteiger partial charge in [0.25, 0.3) is 0 Å². The lowest BCUT2D eigenvalue weighted by atomic mass is 9.73. The molecular weight excluding hydrogens is 192 g/mol. The molecule has 0 saturated heterocycles. The molecule has 16 heavy (non-hydrogen) atoms. The van der Waals surface area contributed by atoms with Crippen molar-refractivity contribution in [2.75, 3.05) is 0 Å². The van der Waals surface area contributed by atoms with E-state index in [0.29, 0.717) is 0 Å². The maximum Gasteiger partial charge on any atom is -0.0238 e. The third kappa shape index (κ3) is 2.81. The monoisotopic (exact) mass is 224 g/mol. The van der Waals surface area contributed by atoms with Gasteiger partial charge in [0.05, 0.1) is 0 Å². The maximum atomic E-state index is 2.50. The van der Waals surface area contributed by atoms with E-state index in [-0.39, 0.29) is 0 Å². The fraction of sp³-hybridized carbons (Fsp3) is 1.00. The summed E-state index contributed by atoms with van der Waals surface area (Å²) in [6, 6.07) is 0. The van der Waals surface area contributed by atoms with Crippen molar-refractivity contribution < 1.29 is 0 Å². The molecule has 1 saturated carbocycles. The van der Waals surface area contributed by atoms with Gasteiger partial charge in [-0.3, -0.25) is 0 Å². The molecule has 0 aromatic carbocycles. The van der Waals surface area contributed by atoms with Crippen molar-refractivity contribution in [3.8, 4) is 0 Å². The van der Waals surface area contributed by atoms with Gasteiger partial charge in [-0.15, -0.1) is 0 Å². The van der Waals surface area contributed by atoms with Crippen LogP contribution >= 0.6 is 0 Å². The van der Waals surface area contributed by atoms with Crippen LogP contribution in [-0.4, -0.2) is 0 Å². The highest BCUT2D eigenvalue weighted by Gasteiger charge is 2.55. The van der Waals surface area contributed by atoms with Crippen molar-refractivity contribution in [2.24, 2.45) is 23.2 Å². The number of hydrogen-bond donors (Lipinski definition) is 0. The zero-order chi connectivity index (χ0) is 12.2. The second-order valence-corrected chi connectivity index (χ2v) is 6.22. The highest BCUT2D eigenvalue weighted by Crippen LogP contribution is 2.63. The maximum absolute atomic E-state index is 2.50. The predicted octanol–water partition coefficient (Wildman–Crippen LogP) is 5.67. The molecule has 1 rings (SSSR count). The SMILES string of the molecule is CCCCC1(C(CC)C(C)CCC)CC1C. The van der Waals surface area contributed by atoms with Crippen molar-refractivity contribution in [1.29, 1.82) is 0 Å². The average molecular weight is 224 g/mol. The van der Waals surface area contributed by atoms with Crippen LogP contribution < -0.4 is 0 Å². The number of rotatable bonds is 8. The van der Waals surface area contributed by atoms with Gasteiger partial charge >= 0.3 is 0 Å². The van der Waals surface area contributed by atoms with E-state index in [9.17, 15) is 0 Å². The Bertz CT molecular complexity index is 196. The van der Waals surface area contributed by atoms with Gasteiger partial charge in [-0.2, -0.15) is 0 Å². The van der Waals surface area contributed by atoms with Crippen LogP contribution in [0.5, 0.6) is 0 Å². The molecule has 96 valence electrons. The van der Waals surface area contributed by atoms with E-state index in [2.05, 4.69) is 34.6 Å². The third-order valence-corrected chi connectivity index (χ3v) is 5.11. The van der Waals surface area contributed by atoms with Crippen LogP contribution in [0.15, 0.2) is 0 Å². The molecule has 4 atom stereocenters. The summed E-state index contributed by atoms with van der Waals surface area (Å²) in [6.45, 7) is 12.1. The fourth-order valence-corrected chi connectivity index (χ4v) is 4.10. The topological polar surface area (TPSA) is 0 Å². The average Bonchev–Trinajstić information content (AvgIpc) is 2.89. The Morgan fingerprint density at radius 3 is 2.19 bits per heavy atom. The van der Waals surface area contributed by atoms with Crippen LogP contribution in [0, 0.1) is 23.2 Å². The van der Waals surface area contributed by atoms with E-state index in [1.165, 1.54) is 44.9 Å². The summed E-state index contributed by atoms with van der Waals surface area (Å²) < 4.78 is 0. The van der Waals surface area contributed by atoms with Crippen LogP contribution in [0.2, 0.25) is 0 Å². The highest BCUT2D eigenvalue weighted by molar-refractivity contribution is 5.04. The minimum Gasteiger partial charge on any atom is -0.0654 e. The second-order valence-electron chi connectivity index (χ2n) is 6.22. The molecule has 1 aliphatic rings. The molecule has 1 fully saturated rings. The standard InChI is InChI=1S/C16H32/c1-6-9-11-16(12-14(16)5)15(8-3)13(4)10-7-2/h13-15H,6-12H2,1-5H3. The zero-order valence-corrected chi connectivity index (χ0v) is 12.2. The second kappa shape index (κ2) is 6.07. The molecular formula is C16H32. The Balaban J connectivity index is 2.61. The molecule has 0 aromatic heterocycles. The van der Waals surface area contributed by atoms with Gasteiger partial charge in [0, 0.05) is 0 Å². The molecule has 0 N–H and O–H groups in total. The number of unbranched alkanes of at least 4 members (excludes halogenated alkanes) is 1. The summed E-state index contributed by atoms with van der Waals surface area (Å²) in [5.41, 5.74) is 0.749. The molecule has 0 spiro atoms. The van der Waals surface area contributed by atoms with Gasteiger partial charge in [0.1, 0.15) is 0 Å². The smallest absolute Gasteiger partial charge is 0.0238 e. The van der Waals surface area contributed by atoms with E-state index in [4.69, 9.17) is 0 Å². The van der Waals surface area contributed by atoms with E-state index in [1.807, 2.05) is 0 Å². The quantitative estimate of drug-likeness (QED) is 0.498. The van der Waals surface area contributed by atoms with E-state index >= 15 is 0 Å². The number of hydrogen-bond acceptors (Lipinski definition) is 0. The molecule has 0 aliphatic heterocycles. The van der Waals surface area contributed by atoms with Crippen molar-refractivity contribution in [1.82, 2.24) is 0 Å². The molecule has 0 bridgehead atoms. The first-order chi connectivity index (χ1) is 7.62. The van der Waals surface area contributed by atoms with Gasteiger partial charge in [0.2, 0.25) is 0 Å². The summed E-state index contributed by atoms with van der Waals surface area (Å²) in [7, 11) is 0. The fourth-order valence-electron chi connectivity index (χ4n) is 4.10. The Kier molecular flexibility index (Phi) is 5.34. The largest absolute Gasteiger partial charge is 0.0654 e. The summed E-state index contributed by atoms with van der Waals surface area (Å²) in [6.07, 6.45) is 10.0. The third-order valence-electron chi connectivity index (χ3n) is 5.11. The zero-order valence-electron chi connectivity index (χ0n) is 12.2. The van der Waals surface area contributed by atoms with Crippen LogP contribution in [-0.2, 0) is 0 Å². The molecule has 0 heteroatoms. The van der Waals surface area contributed by atoms with E-state index in [0.717, 1.165) is 23.2 Å². The molecule has 0 heterocycles. The van der Waals surface area contributed by atoms with Gasteiger partial charge in [0.15, 0.2) is 0 Å². The first kappa shape index (κ1) is 14.1. The molecule has 1 aliphatic carbocycles. The van der Waals surface area contributed by atoms with E-state index in [1.54, 1.807) is 0 Å². The van der Waals surface area contributed by atoms with Gasteiger partial charge in [-0.1, -0.05) is 66.7 Å². The van der Waals surface area contributed by atoms with E-state index < -0.39 is 0 Å². The summed E-state index contributed by atoms with van der Waals surface area (Å²) in [5, 5.41) is 0. The Morgan fingerprint density at radius 2 is 1.81 bits per heavy atom. The Hall–Kier alpha value is 0. The van der Waals surface area contributed by atoms with Crippen LogP contribution in [0.3, 0.4) is 0 Å². The molecule has 0 amide bonds. The van der Waals surface area contributed by atoms with Crippen LogP contribution in [0.25, 0.3) is 0 Å². The first-order valence-electron chi connectivity index (χ1n) is 7.62. The predicted molar refractivity (Wildman–Crippen MR) is 73.6 cm³/mol. The molecule has 0 radical (unpaired) electrons. The van der Waals surface area contributed by atoms with Crippen molar-refractivity contribution in [3.05, 3.63) is 0 Å². The van der Waals surface area contributed by atoms with Gasteiger partial charge in [-0.05, 0) is 36.0 Å². The molecule has 0 nitrogen and oxygen atoms in total. The lowest BCUT2D eigenvalue weighted by molar-refractivity contribution is 0.170. The summed E-state index contributed by atoms with van der Waals surface area (Å²) in [4.78, 5) is 0. The minimum atomic E-state index is 0.749. The van der Waals surface area contributed by atoms with Gasteiger partial charge < -0.3 is 0 Å². The summed E-state index contributed by atoms with van der Waals surface area (Å²) in [5.74, 6) is 2.94. The minimum absolute atomic E-state index is 0.749. The van der Waals surface area contributed by atoms with Gasteiger partial charge in [-0.25, -0.2) is 0 Å². The lowest BCUT2D eigenvalue weighted by Crippen LogP contribution is -2.24. The Labute approximate surface area is 103 Å². The van der Waals surface area contributed by atoms with Crippen molar-refractivity contribution in [3.63, 3.8) is 0 Å². The van der Waals surface area contributed by atoms with Crippen molar-refractivity contribution in [2.45, 2.75) is 79.6 Å². The lowest BCUT2D eigenvalue weighted by Gasteiger charge is -2.32. The Morgan fingerprint density at radius 1 is 1.19 bits per heavy atom. The van der Waals surface area contributed by atoms with Crippen LogP contribution in [0.1, 0.15) is 79.6 Å². The molecule has 0 aromatic rings. The normalized spacial score (nSPS) is 32.4. The highest BCUT2D eigenvalue weighted by atomic mass is 14.6. The first-order valence-corrected chi connectivity index (χ1v) is 7.62. The summed E-state index contributed by atoms with van der Waals surface area (Å²) >= 11 is 0.